The molecule has 0 fully saturated rings. The number of benzene rings is 1. The number of ether oxygens (including phenoxy) is 1. The summed E-state index contributed by atoms with van der Waals surface area (Å²) in [4.78, 5) is 2.30. The van der Waals surface area contributed by atoms with Gasteiger partial charge in [0.2, 0.25) is 0 Å². The van der Waals surface area contributed by atoms with Crippen molar-refractivity contribution in [3.63, 3.8) is 0 Å². The first-order valence-electron chi connectivity index (χ1n) is 9.02. The van der Waals surface area contributed by atoms with Gasteiger partial charge in [-0.25, -0.2) is 0 Å². The average Bonchev–Trinajstić information content (AvgIpc) is 3.06. The Kier molecular flexibility index (Phi) is 7.17. The largest absolute Gasteiger partial charge is 0.381 e. The molecule has 1 heterocycles. The highest BCUT2D eigenvalue weighted by Crippen LogP contribution is 2.28. The van der Waals surface area contributed by atoms with E-state index >= 15 is 0 Å². The van der Waals surface area contributed by atoms with Crippen molar-refractivity contribution in [2.24, 2.45) is 0 Å². The van der Waals surface area contributed by atoms with Crippen molar-refractivity contribution >= 4 is 0 Å². The summed E-state index contributed by atoms with van der Waals surface area (Å²) >= 11 is 0. The minimum absolute atomic E-state index is 0.0102. The topological polar surface area (TPSA) is 53.2 Å². The number of nitrogens with zero attached hydrogens (tertiary/aromatic N) is 2. The second kappa shape index (κ2) is 9.13. The molecule has 0 saturated carbocycles. The van der Waals surface area contributed by atoms with Gasteiger partial charge in [-0.15, -0.1) is 0 Å². The molecule has 0 bridgehead atoms. The van der Waals surface area contributed by atoms with Crippen molar-refractivity contribution in [1.29, 1.82) is 0 Å². The predicted molar refractivity (Wildman–Crippen MR) is 104 cm³/mol. The molecule has 1 aromatic carbocycles. The van der Waals surface area contributed by atoms with Gasteiger partial charge < -0.3 is 15.0 Å². The molecule has 25 heavy (non-hydrogen) atoms. The number of aromatic nitrogens is 2. The van der Waals surface area contributed by atoms with Crippen LogP contribution in [0.3, 0.4) is 0 Å². The summed E-state index contributed by atoms with van der Waals surface area (Å²) in [5.74, 6) is 0. The summed E-state index contributed by atoms with van der Waals surface area (Å²) < 4.78 is 5.62. The van der Waals surface area contributed by atoms with Crippen molar-refractivity contribution in [3.05, 3.63) is 41.6 Å². The number of aromatic amines is 1. The van der Waals surface area contributed by atoms with Crippen LogP contribution in [0, 0.1) is 0 Å². The lowest BCUT2D eigenvalue weighted by Gasteiger charge is -2.25. The molecule has 5 nitrogen and oxygen atoms in total. The highest BCUT2D eigenvalue weighted by Gasteiger charge is 2.21. The second-order valence-corrected chi connectivity index (χ2v) is 7.20. The Balaban J connectivity index is 2.11. The SMILES string of the molecule is CCOCC(C)(C)c1ccc(-c2n[nH]cc2CN(C)CCNC)cc1. The van der Waals surface area contributed by atoms with Crippen LogP contribution in [0.2, 0.25) is 0 Å². The number of nitrogens with one attached hydrogen (secondary N) is 2. The zero-order valence-corrected chi connectivity index (χ0v) is 16.2. The van der Waals surface area contributed by atoms with Crippen LogP contribution in [0.1, 0.15) is 31.9 Å². The zero-order valence-electron chi connectivity index (χ0n) is 16.2. The van der Waals surface area contributed by atoms with Gasteiger partial charge in [0.25, 0.3) is 0 Å². The van der Waals surface area contributed by atoms with Crippen molar-refractivity contribution < 1.29 is 4.74 Å². The molecule has 0 spiro atoms. The fourth-order valence-corrected chi connectivity index (χ4v) is 2.88. The molecule has 1 aromatic heterocycles. The predicted octanol–water partition coefficient (Wildman–Crippen LogP) is 3.04. The molecule has 0 aliphatic heterocycles. The third kappa shape index (κ3) is 5.39. The quantitative estimate of drug-likeness (QED) is 0.696. The fourth-order valence-electron chi connectivity index (χ4n) is 2.88. The molecular formula is C20H32N4O. The van der Waals surface area contributed by atoms with Crippen LogP contribution in [0.15, 0.2) is 30.5 Å². The molecule has 0 aliphatic carbocycles. The molecular weight excluding hydrogens is 312 g/mol. The third-order valence-corrected chi connectivity index (χ3v) is 4.51. The Morgan fingerprint density at radius 3 is 2.60 bits per heavy atom. The maximum absolute atomic E-state index is 5.62. The van der Waals surface area contributed by atoms with E-state index in [9.17, 15) is 0 Å². The Morgan fingerprint density at radius 2 is 1.96 bits per heavy atom. The summed E-state index contributed by atoms with van der Waals surface area (Å²) in [6.45, 7) is 10.8. The number of hydrogen-bond acceptors (Lipinski definition) is 4. The standard InChI is InChI=1S/C20H32N4O/c1-6-25-15-20(2,3)18-9-7-16(8-10-18)19-17(13-22-23-19)14-24(5)12-11-21-4/h7-10,13,21H,6,11-12,14-15H2,1-5H3,(H,22,23). The van der Waals surface area contributed by atoms with E-state index in [4.69, 9.17) is 4.74 Å². The van der Waals surface area contributed by atoms with Crippen LogP contribution in [0.5, 0.6) is 0 Å². The van der Waals surface area contributed by atoms with Gasteiger partial charge in [-0.1, -0.05) is 38.1 Å². The van der Waals surface area contributed by atoms with E-state index in [0.717, 1.165) is 44.1 Å². The highest BCUT2D eigenvalue weighted by atomic mass is 16.5. The van der Waals surface area contributed by atoms with Crippen molar-refractivity contribution in [1.82, 2.24) is 20.4 Å². The summed E-state index contributed by atoms with van der Waals surface area (Å²) in [6, 6.07) is 8.71. The molecule has 0 saturated heterocycles. The minimum Gasteiger partial charge on any atom is -0.381 e. The Hall–Kier alpha value is -1.69. The van der Waals surface area contributed by atoms with Crippen LogP contribution in [0.4, 0.5) is 0 Å². The molecule has 2 aromatic rings. The zero-order chi connectivity index (χ0) is 18.3. The average molecular weight is 345 g/mol. The lowest BCUT2D eigenvalue weighted by molar-refractivity contribution is 0.105. The first-order valence-corrected chi connectivity index (χ1v) is 9.02. The van der Waals surface area contributed by atoms with Crippen molar-refractivity contribution in [2.45, 2.75) is 32.7 Å². The van der Waals surface area contributed by atoms with Crippen molar-refractivity contribution in [2.75, 3.05) is 40.4 Å². The van der Waals surface area contributed by atoms with E-state index in [1.165, 1.54) is 11.1 Å². The normalized spacial score (nSPS) is 12.1. The highest BCUT2D eigenvalue weighted by molar-refractivity contribution is 5.63. The molecule has 0 aliphatic rings. The van der Waals surface area contributed by atoms with Crippen molar-refractivity contribution in [3.8, 4) is 11.3 Å². The monoisotopic (exact) mass is 344 g/mol. The number of H-pyrrole nitrogens is 1. The van der Waals surface area contributed by atoms with Crippen LogP contribution < -0.4 is 5.32 Å². The molecule has 138 valence electrons. The van der Waals surface area contributed by atoms with E-state index in [0.29, 0.717) is 0 Å². The molecule has 0 unspecified atom stereocenters. The van der Waals surface area contributed by atoms with E-state index in [1.54, 1.807) is 0 Å². The summed E-state index contributed by atoms with van der Waals surface area (Å²) in [5, 5.41) is 10.7. The molecule has 0 amide bonds. The molecule has 2 N–H and O–H groups in total. The van der Waals surface area contributed by atoms with Crippen LogP contribution in [0.25, 0.3) is 11.3 Å². The fraction of sp³-hybridized carbons (Fsp3) is 0.550. The lowest BCUT2D eigenvalue weighted by atomic mass is 9.85. The van der Waals surface area contributed by atoms with E-state index in [2.05, 4.69) is 65.6 Å². The smallest absolute Gasteiger partial charge is 0.0965 e. The van der Waals surface area contributed by atoms with Gasteiger partial charge in [-0.3, -0.25) is 5.10 Å². The molecule has 5 heteroatoms. The second-order valence-electron chi connectivity index (χ2n) is 7.20. The van der Waals surface area contributed by atoms with Gasteiger partial charge in [0.05, 0.1) is 12.3 Å². The minimum atomic E-state index is 0.0102. The molecule has 0 radical (unpaired) electrons. The molecule has 0 atom stereocenters. The Labute approximate surface area is 151 Å². The molecule has 2 rings (SSSR count). The summed E-state index contributed by atoms with van der Waals surface area (Å²) in [5.41, 5.74) is 4.70. The van der Waals surface area contributed by atoms with Gasteiger partial charge in [-0.2, -0.15) is 5.10 Å². The van der Waals surface area contributed by atoms with Gasteiger partial charge in [0.15, 0.2) is 0 Å². The van der Waals surface area contributed by atoms with Crippen LogP contribution in [-0.4, -0.2) is 55.5 Å². The van der Waals surface area contributed by atoms with Crippen LogP contribution >= 0.6 is 0 Å². The Morgan fingerprint density at radius 1 is 1.24 bits per heavy atom. The van der Waals surface area contributed by atoms with E-state index in [1.807, 2.05) is 20.2 Å². The van der Waals surface area contributed by atoms with E-state index in [-0.39, 0.29) is 5.41 Å². The van der Waals surface area contributed by atoms with Crippen LogP contribution in [-0.2, 0) is 16.7 Å². The first-order chi connectivity index (χ1) is 12.0. The number of rotatable bonds is 10. The summed E-state index contributed by atoms with van der Waals surface area (Å²) in [7, 11) is 4.11. The van der Waals surface area contributed by atoms with Gasteiger partial charge in [0, 0.05) is 49.0 Å². The lowest BCUT2D eigenvalue weighted by Crippen LogP contribution is -2.27. The third-order valence-electron chi connectivity index (χ3n) is 4.51. The summed E-state index contributed by atoms with van der Waals surface area (Å²) in [6.07, 6.45) is 2.00. The number of likely N-dealkylation sites (N-methyl/N-ethyl adjacent to an activating group) is 2. The number of hydrogen-bond donors (Lipinski definition) is 2. The van der Waals surface area contributed by atoms with Gasteiger partial charge >= 0.3 is 0 Å². The maximum atomic E-state index is 5.62. The van der Waals surface area contributed by atoms with Gasteiger partial charge in [0.1, 0.15) is 0 Å². The first kappa shape index (κ1) is 19.6. The van der Waals surface area contributed by atoms with E-state index < -0.39 is 0 Å². The maximum Gasteiger partial charge on any atom is 0.0965 e. The van der Waals surface area contributed by atoms with Gasteiger partial charge in [-0.05, 0) is 26.6 Å². The Bertz CT molecular complexity index is 633.